The highest BCUT2D eigenvalue weighted by atomic mass is 79.9. The first-order valence-corrected chi connectivity index (χ1v) is 7.63. The molecule has 96 valence electrons. The minimum Gasteiger partial charge on any atom is -0.463 e. The third kappa shape index (κ3) is 3.53. The van der Waals surface area contributed by atoms with Gasteiger partial charge in [-0.2, -0.15) is 11.8 Å². The monoisotopic (exact) mass is 329 g/mol. The molecular weight excluding hydrogens is 317 g/mol. The fourth-order valence-corrected chi connectivity index (χ4v) is 2.22. The van der Waals surface area contributed by atoms with Crippen molar-refractivity contribution in [2.75, 3.05) is 11.6 Å². The zero-order chi connectivity index (χ0) is 13.0. The van der Waals surface area contributed by atoms with E-state index in [1.54, 1.807) is 17.8 Å². The van der Waals surface area contributed by atoms with E-state index in [-0.39, 0.29) is 5.82 Å². The quantitative estimate of drug-likeness (QED) is 0.863. The summed E-state index contributed by atoms with van der Waals surface area (Å²) in [5.41, 5.74) is 0.735. The van der Waals surface area contributed by atoms with Gasteiger partial charge >= 0.3 is 0 Å². The van der Waals surface area contributed by atoms with Crippen LogP contribution in [-0.2, 0) is 12.3 Å². The van der Waals surface area contributed by atoms with Crippen LogP contribution in [0.4, 0.5) is 10.1 Å². The molecule has 0 saturated heterocycles. The molecule has 0 aliphatic carbocycles. The number of halogens is 2. The largest absolute Gasteiger partial charge is 0.463 e. The Morgan fingerprint density at radius 1 is 1.28 bits per heavy atom. The second-order valence-electron chi connectivity index (χ2n) is 3.78. The van der Waals surface area contributed by atoms with Crippen LogP contribution < -0.4 is 5.32 Å². The predicted octanol–water partition coefficient (Wildman–Crippen LogP) is 4.66. The molecule has 2 aromatic rings. The molecule has 0 bridgehead atoms. The third-order valence-electron chi connectivity index (χ3n) is 2.39. The van der Waals surface area contributed by atoms with Crippen LogP contribution in [0.2, 0.25) is 0 Å². The highest BCUT2D eigenvalue weighted by Gasteiger charge is 2.03. The molecule has 1 aromatic heterocycles. The topological polar surface area (TPSA) is 25.2 Å². The van der Waals surface area contributed by atoms with E-state index < -0.39 is 0 Å². The van der Waals surface area contributed by atoms with Gasteiger partial charge in [-0.25, -0.2) is 4.39 Å². The van der Waals surface area contributed by atoms with Crippen LogP contribution in [-0.4, -0.2) is 6.26 Å². The lowest BCUT2D eigenvalue weighted by Crippen LogP contribution is -1.98. The molecule has 0 aliphatic heterocycles. The first-order valence-electron chi connectivity index (χ1n) is 5.44. The molecule has 0 spiro atoms. The summed E-state index contributed by atoms with van der Waals surface area (Å²) < 4.78 is 19.4. The van der Waals surface area contributed by atoms with Crippen molar-refractivity contribution in [3.8, 4) is 0 Å². The molecule has 18 heavy (non-hydrogen) atoms. The third-order valence-corrected chi connectivity index (χ3v) is 3.61. The molecule has 2 rings (SSSR count). The normalized spacial score (nSPS) is 10.6. The Kier molecular flexibility index (Phi) is 4.72. The average molecular weight is 330 g/mol. The lowest BCUT2D eigenvalue weighted by atomic mass is 10.3. The van der Waals surface area contributed by atoms with Crippen molar-refractivity contribution < 1.29 is 8.81 Å². The maximum atomic E-state index is 13.3. The molecule has 0 unspecified atom stereocenters. The summed E-state index contributed by atoms with van der Waals surface area (Å²) in [7, 11) is 0. The number of nitrogens with one attached hydrogen (secondary N) is 1. The van der Waals surface area contributed by atoms with Gasteiger partial charge in [0.1, 0.15) is 17.3 Å². The Hall–Kier alpha value is -0.940. The second kappa shape index (κ2) is 6.29. The van der Waals surface area contributed by atoms with Gasteiger partial charge in [-0.3, -0.25) is 0 Å². The van der Waals surface area contributed by atoms with Crippen molar-refractivity contribution in [1.82, 2.24) is 0 Å². The summed E-state index contributed by atoms with van der Waals surface area (Å²) in [6.07, 6.45) is 2.03. The number of anilines is 1. The SMILES string of the molecule is CSCc1ccc(CNc2ccc(Br)c(F)c2)o1. The van der Waals surface area contributed by atoms with E-state index in [2.05, 4.69) is 21.2 Å². The molecule has 0 fully saturated rings. The van der Waals surface area contributed by atoms with E-state index in [0.29, 0.717) is 11.0 Å². The van der Waals surface area contributed by atoms with Crippen molar-refractivity contribution in [3.63, 3.8) is 0 Å². The van der Waals surface area contributed by atoms with Crippen molar-refractivity contribution in [1.29, 1.82) is 0 Å². The number of rotatable bonds is 5. The lowest BCUT2D eigenvalue weighted by molar-refractivity contribution is 0.487. The molecule has 0 atom stereocenters. The summed E-state index contributed by atoms with van der Waals surface area (Å²) in [6.45, 7) is 0.551. The van der Waals surface area contributed by atoms with Gasteiger partial charge in [0.2, 0.25) is 0 Å². The van der Waals surface area contributed by atoms with Crippen LogP contribution in [0.15, 0.2) is 39.2 Å². The smallest absolute Gasteiger partial charge is 0.139 e. The van der Waals surface area contributed by atoms with Gasteiger partial charge in [0.15, 0.2) is 0 Å². The van der Waals surface area contributed by atoms with Crippen molar-refractivity contribution in [3.05, 3.63) is 52.1 Å². The first kappa shape index (κ1) is 13.5. The van der Waals surface area contributed by atoms with Crippen LogP contribution in [0, 0.1) is 5.82 Å². The second-order valence-corrected chi connectivity index (χ2v) is 5.50. The van der Waals surface area contributed by atoms with Gasteiger partial charge in [-0.05, 0) is 52.5 Å². The average Bonchev–Trinajstić information content (AvgIpc) is 2.79. The van der Waals surface area contributed by atoms with Crippen LogP contribution >= 0.6 is 27.7 Å². The maximum absolute atomic E-state index is 13.3. The minimum atomic E-state index is -0.275. The number of thioether (sulfide) groups is 1. The standard InChI is InChI=1S/C13H13BrFNOS/c1-18-8-11-4-3-10(17-11)7-16-9-2-5-12(14)13(15)6-9/h2-6,16H,7-8H2,1H3. The molecule has 5 heteroatoms. The summed E-state index contributed by atoms with van der Waals surface area (Å²) in [4.78, 5) is 0. The van der Waals surface area contributed by atoms with Crippen LogP contribution in [0.3, 0.4) is 0 Å². The number of furan rings is 1. The first-order chi connectivity index (χ1) is 8.69. The Labute approximate surface area is 118 Å². The molecule has 1 N–H and O–H groups in total. The molecule has 0 aliphatic rings. The number of hydrogen-bond donors (Lipinski definition) is 1. The number of hydrogen-bond acceptors (Lipinski definition) is 3. The Morgan fingerprint density at radius 3 is 2.78 bits per heavy atom. The van der Waals surface area contributed by atoms with Crippen LogP contribution in [0.25, 0.3) is 0 Å². The van der Waals surface area contributed by atoms with E-state index in [4.69, 9.17) is 4.42 Å². The highest BCUT2D eigenvalue weighted by molar-refractivity contribution is 9.10. The summed E-state index contributed by atoms with van der Waals surface area (Å²) >= 11 is 4.84. The van der Waals surface area contributed by atoms with E-state index in [0.717, 1.165) is 23.0 Å². The van der Waals surface area contributed by atoms with Gasteiger partial charge in [0.05, 0.1) is 16.8 Å². The molecule has 1 heterocycles. The Morgan fingerprint density at radius 2 is 2.06 bits per heavy atom. The Bertz CT molecular complexity index is 529. The van der Waals surface area contributed by atoms with E-state index in [1.807, 2.05) is 24.5 Å². The van der Waals surface area contributed by atoms with Gasteiger partial charge in [0, 0.05) is 5.69 Å². The zero-order valence-corrected chi connectivity index (χ0v) is 12.3. The lowest BCUT2D eigenvalue weighted by Gasteiger charge is -2.05. The summed E-state index contributed by atoms with van der Waals surface area (Å²) in [6, 6.07) is 8.86. The van der Waals surface area contributed by atoms with Crippen molar-refractivity contribution in [2.45, 2.75) is 12.3 Å². The molecule has 0 saturated carbocycles. The molecular formula is C13H13BrFNOS. The molecule has 0 amide bonds. The van der Waals surface area contributed by atoms with Crippen molar-refractivity contribution >= 4 is 33.4 Å². The van der Waals surface area contributed by atoms with E-state index in [9.17, 15) is 4.39 Å². The minimum absolute atomic E-state index is 0.275. The predicted molar refractivity (Wildman–Crippen MR) is 77.4 cm³/mol. The molecule has 0 radical (unpaired) electrons. The highest BCUT2D eigenvalue weighted by Crippen LogP contribution is 2.20. The molecule has 1 aromatic carbocycles. The van der Waals surface area contributed by atoms with E-state index >= 15 is 0 Å². The Balaban J connectivity index is 1.95. The van der Waals surface area contributed by atoms with Gasteiger partial charge in [-0.15, -0.1) is 0 Å². The summed E-state index contributed by atoms with van der Waals surface area (Å²) in [5, 5.41) is 3.12. The van der Waals surface area contributed by atoms with Crippen molar-refractivity contribution in [2.24, 2.45) is 0 Å². The molecule has 2 nitrogen and oxygen atoms in total. The van der Waals surface area contributed by atoms with Gasteiger partial charge in [-0.1, -0.05) is 0 Å². The number of benzene rings is 1. The zero-order valence-electron chi connectivity index (χ0n) is 9.87. The fraction of sp³-hybridized carbons (Fsp3) is 0.231. The van der Waals surface area contributed by atoms with Gasteiger partial charge in [0.25, 0.3) is 0 Å². The van der Waals surface area contributed by atoms with Gasteiger partial charge < -0.3 is 9.73 Å². The van der Waals surface area contributed by atoms with E-state index in [1.165, 1.54) is 6.07 Å². The fourth-order valence-electron chi connectivity index (χ4n) is 1.53. The van der Waals surface area contributed by atoms with Crippen LogP contribution in [0.1, 0.15) is 11.5 Å². The maximum Gasteiger partial charge on any atom is 0.139 e. The van der Waals surface area contributed by atoms with Crippen LogP contribution in [0.5, 0.6) is 0 Å². The summed E-state index contributed by atoms with van der Waals surface area (Å²) in [5.74, 6) is 2.40.